The molecule has 8 nitrogen and oxygen atoms in total. The third-order valence-corrected chi connectivity index (χ3v) is 7.72. The minimum absolute atomic E-state index is 0.0846. The first-order valence-electron chi connectivity index (χ1n) is 10.4. The number of carbonyl (C=O) groups excluding carboxylic acids is 2. The van der Waals surface area contributed by atoms with Gasteiger partial charge in [-0.2, -0.15) is 0 Å². The first-order chi connectivity index (χ1) is 15.2. The van der Waals surface area contributed by atoms with Gasteiger partial charge in [0.15, 0.2) is 5.17 Å². The molecule has 4 heterocycles. The van der Waals surface area contributed by atoms with E-state index in [1.165, 1.54) is 22.3 Å². The monoisotopic (exact) mass is 456 g/mol. The highest BCUT2D eigenvalue weighted by Gasteiger charge is 2.42. The maximum absolute atomic E-state index is 12.8. The second-order valence-electron chi connectivity index (χ2n) is 7.68. The summed E-state index contributed by atoms with van der Waals surface area (Å²) >= 11 is 3.04. The predicted molar refractivity (Wildman–Crippen MR) is 124 cm³/mol. The molecule has 1 aromatic carbocycles. The Hall–Kier alpha value is -2.56. The molecule has 0 bridgehead atoms. The lowest BCUT2D eigenvalue weighted by Crippen LogP contribution is -2.53. The van der Waals surface area contributed by atoms with Gasteiger partial charge in [-0.25, -0.2) is 10.9 Å². The molecule has 3 aliphatic rings. The van der Waals surface area contributed by atoms with Gasteiger partial charge in [0.05, 0.1) is 11.8 Å². The maximum Gasteiger partial charge on any atom is 0.264 e. The summed E-state index contributed by atoms with van der Waals surface area (Å²) in [5.74, 6) is 0.288. The van der Waals surface area contributed by atoms with Crippen LogP contribution in [0.15, 0.2) is 52.9 Å². The van der Waals surface area contributed by atoms with E-state index < -0.39 is 0 Å². The molecular weight excluding hydrogens is 432 g/mol. The van der Waals surface area contributed by atoms with Crippen LogP contribution in [0.2, 0.25) is 0 Å². The van der Waals surface area contributed by atoms with Crippen LogP contribution < -0.4 is 15.8 Å². The molecule has 0 radical (unpaired) electrons. The number of thiophene rings is 1. The van der Waals surface area contributed by atoms with E-state index in [2.05, 4.69) is 39.1 Å². The summed E-state index contributed by atoms with van der Waals surface area (Å²) in [7, 11) is 0. The molecule has 1 aromatic heterocycles. The Balaban J connectivity index is 1.15. The fourth-order valence-corrected chi connectivity index (χ4v) is 5.77. The summed E-state index contributed by atoms with van der Waals surface area (Å²) in [6.45, 7) is 3.08. The molecule has 0 aliphatic carbocycles. The van der Waals surface area contributed by atoms with Crippen molar-refractivity contribution in [2.45, 2.75) is 18.5 Å². The summed E-state index contributed by atoms with van der Waals surface area (Å²) in [5.41, 5.74) is 7.21. The number of piperazine rings is 1. The number of benzene rings is 1. The van der Waals surface area contributed by atoms with Crippen molar-refractivity contribution >= 4 is 45.8 Å². The molecule has 2 amide bonds. The highest BCUT2D eigenvalue weighted by molar-refractivity contribution is 8.14. The van der Waals surface area contributed by atoms with E-state index in [1.807, 2.05) is 39.6 Å². The Kier molecular flexibility index (Phi) is 5.84. The zero-order valence-corrected chi connectivity index (χ0v) is 18.6. The number of nitrogens with one attached hydrogen (secondary N) is 2. The number of rotatable bonds is 4. The van der Waals surface area contributed by atoms with Crippen LogP contribution in [0.1, 0.15) is 17.3 Å². The van der Waals surface area contributed by atoms with E-state index in [1.54, 1.807) is 11.3 Å². The van der Waals surface area contributed by atoms with Crippen molar-refractivity contribution in [2.75, 3.05) is 36.8 Å². The van der Waals surface area contributed by atoms with Gasteiger partial charge >= 0.3 is 0 Å². The van der Waals surface area contributed by atoms with Crippen LogP contribution in [0.25, 0.3) is 0 Å². The van der Waals surface area contributed by atoms with Gasteiger partial charge < -0.3 is 9.80 Å². The molecule has 0 spiro atoms. The van der Waals surface area contributed by atoms with Crippen molar-refractivity contribution in [1.29, 1.82) is 0 Å². The van der Waals surface area contributed by atoms with Crippen molar-refractivity contribution in [3.05, 3.63) is 52.7 Å². The smallest absolute Gasteiger partial charge is 0.264 e. The number of hydrazine groups is 1. The normalized spacial score (nSPS) is 23.4. The lowest BCUT2D eigenvalue weighted by Gasteiger charge is -2.36. The molecule has 2 aromatic rings. The van der Waals surface area contributed by atoms with Crippen LogP contribution >= 0.6 is 23.1 Å². The van der Waals surface area contributed by atoms with E-state index >= 15 is 0 Å². The van der Waals surface area contributed by atoms with Crippen LogP contribution in [0, 0.1) is 0 Å². The molecule has 2 fully saturated rings. The van der Waals surface area contributed by atoms with Crippen LogP contribution in [0.4, 0.5) is 5.69 Å². The lowest BCUT2D eigenvalue weighted by atomic mass is 10.1. The van der Waals surface area contributed by atoms with Gasteiger partial charge in [0, 0.05) is 43.2 Å². The molecule has 162 valence electrons. The van der Waals surface area contributed by atoms with Gasteiger partial charge in [0.2, 0.25) is 5.91 Å². The van der Waals surface area contributed by atoms with Gasteiger partial charge in [0.1, 0.15) is 6.04 Å². The first kappa shape index (κ1) is 20.3. The zero-order valence-electron chi connectivity index (χ0n) is 16.9. The Morgan fingerprint density at radius 1 is 1.13 bits per heavy atom. The number of anilines is 1. The first-order valence-corrected chi connectivity index (χ1v) is 12.2. The number of hydrogen-bond donors (Lipinski definition) is 2. The number of amidine groups is 1. The summed E-state index contributed by atoms with van der Waals surface area (Å²) in [6.07, 6.45) is 0.682. The van der Waals surface area contributed by atoms with Crippen LogP contribution in [0.3, 0.4) is 0 Å². The molecular formula is C21H24N6O2S2. The summed E-state index contributed by atoms with van der Waals surface area (Å²) in [4.78, 5) is 30.5. The summed E-state index contributed by atoms with van der Waals surface area (Å²) in [5, 5.41) is 8.71. The lowest BCUT2D eigenvalue weighted by molar-refractivity contribution is -0.128. The summed E-state index contributed by atoms with van der Waals surface area (Å²) < 4.78 is 0. The highest BCUT2D eigenvalue weighted by Crippen LogP contribution is 2.33. The van der Waals surface area contributed by atoms with Crippen molar-refractivity contribution in [3.63, 3.8) is 0 Å². The van der Waals surface area contributed by atoms with Crippen LogP contribution in [-0.2, 0) is 9.59 Å². The minimum Gasteiger partial charge on any atom is -0.368 e. The van der Waals surface area contributed by atoms with Gasteiger partial charge in [0.25, 0.3) is 5.91 Å². The minimum atomic E-state index is -0.309. The maximum atomic E-state index is 12.8. The number of carbonyl (C=O) groups is 2. The number of fused-ring (bicyclic) bond motifs is 1. The van der Waals surface area contributed by atoms with Crippen molar-refractivity contribution < 1.29 is 9.59 Å². The Morgan fingerprint density at radius 3 is 2.68 bits per heavy atom. The average Bonchev–Trinajstić information content (AvgIpc) is 3.50. The molecule has 2 saturated heterocycles. The van der Waals surface area contributed by atoms with Gasteiger partial charge in [-0.3, -0.25) is 14.6 Å². The molecule has 2 atom stereocenters. The van der Waals surface area contributed by atoms with Crippen molar-refractivity contribution in [1.82, 2.24) is 20.8 Å². The fourth-order valence-electron chi connectivity index (χ4n) is 4.12. The van der Waals surface area contributed by atoms with Gasteiger partial charge in [-0.05, 0) is 23.6 Å². The highest BCUT2D eigenvalue weighted by atomic mass is 32.2. The molecule has 10 heteroatoms. The molecule has 31 heavy (non-hydrogen) atoms. The largest absolute Gasteiger partial charge is 0.368 e. The van der Waals surface area contributed by atoms with Crippen LogP contribution in [0.5, 0.6) is 0 Å². The van der Waals surface area contributed by atoms with Gasteiger partial charge in [-0.1, -0.05) is 36.0 Å². The number of hydrogen-bond acceptors (Lipinski definition) is 8. The molecule has 0 saturated carbocycles. The second kappa shape index (κ2) is 8.89. The van der Waals surface area contributed by atoms with E-state index in [4.69, 9.17) is 0 Å². The third-order valence-electron chi connectivity index (χ3n) is 5.80. The quantitative estimate of drug-likeness (QED) is 0.731. The van der Waals surface area contributed by atoms with Crippen molar-refractivity contribution in [2.24, 2.45) is 5.10 Å². The molecule has 3 aliphatic heterocycles. The Bertz CT molecular complexity index is 960. The Labute approximate surface area is 189 Å². The van der Waals surface area contributed by atoms with E-state index in [-0.39, 0.29) is 23.9 Å². The van der Waals surface area contributed by atoms with Crippen LogP contribution in [-0.4, -0.2) is 64.9 Å². The standard InChI is InChI=1S/C21H24N6O2S2/c28-19(26-10-8-25(9-11-26)15-5-2-1-3-6-15)14-31-21-23-22-20(29)17-13-16(24-27(17)21)18-7-4-12-30-18/h1-7,12,16-17,24H,8-11,13-14H2,(H,22,29). The van der Waals surface area contributed by atoms with E-state index in [9.17, 15) is 9.59 Å². The average molecular weight is 457 g/mol. The number of thioether (sulfide) groups is 1. The Morgan fingerprint density at radius 2 is 1.94 bits per heavy atom. The molecule has 5 rings (SSSR count). The summed E-state index contributed by atoms with van der Waals surface area (Å²) in [6, 6.07) is 14.2. The predicted octanol–water partition coefficient (Wildman–Crippen LogP) is 1.85. The topological polar surface area (TPSA) is 80.3 Å². The number of nitrogens with zero attached hydrogens (tertiary/aromatic N) is 4. The van der Waals surface area contributed by atoms with E-state index in [0.717, 1.165) is 13.1 Å². The molecule has 2 N–H and O–H groups in total. The SMILES string of the molecule is O=C1NN=C(SCC(=O)N2CCN(c3ccccc3)CC2)N2NC(c3cccs3)CC12. The zero-order chi connectivity index (χ0) is 21.2. The second-order valence-corrected chi connectivity index (χ2v) is 9.60. The van der Waals surface area contributed by atoms with Crippen molar-refractivity contribution in [3.8, 4) is 0 Å². The van der Waals surface area contributed by atoms with E-state index in [0.29, 0.717) is 30.4 Å². The number of amides is 2. The number of hydrazone groups is 1. The molecule has 2 unspecified atom stereocenters. The fraction of sp³-hybridized carbons (Fsp3) is 0.381. The van der Waals surface area contributed by atoms with Gasteiger partial charge in [-0.15, -0.1) is 16.4 Å². The third kappa shape index (κ3) is 4.28. The number of para-hydroxylation sites is 1.